The normalized spacial score (nSPS) is 15.7. The molecule has 1 fully saturated rings. The van der Waals surface area contributed by atoms with Crippen LogP contribution in [0.4, 0.5) is 0 Å². The van der Waals surface area contributed by atoms with E-state index in [1.807, 2.05) is 18.7 Å². The quantitative estimate of drug-likeness (QED) is 0.929. The molecule has 0 spiro atoms. The van der Waals surface area contributed by atoms with E-state index in [1.165, 1.54) is 5.56 Å². The first kappa shape index (κ1) is 17.0. The number of halogens is 1. The van der Waals surface area contributed by atoms with Gasteiger partial charge in [0.25, 0.3) is 0 Å². The molecule has 1 heterocycles. The van der Waals surface area contributed by atoms with Crippen LogP contribution in [0.2, 0.25) is 0 Å². The van der Waals surface area contributed by atoms with E-state index in [-0.39, 0.29) is 18.3 Å². The lowest BCUT2D eigenvalue weighted by atomic mass is 9.82. The number of carbonyl (C=O) groups is 1. The summed E-state index contributed by atoms with van der Waals surface area (Å²) in [6.45, 7) is 9.63. The molecule has 0 unspecified atom stereocenters. The van der Waals surface area contributed by atoms with E-state index in [1.54, 1.807) is 0 Å². The molecule has 112 valence electrons. The number of amides is 1. The lowest BCUT2D eigenvalue weighted by Crippen LogP contribution is -2.51. The minimum atomic E-state index is -0.441. The molecule has 1 amide bonds. The Morgan fingerprint density at radius 1 is 1.20 bits per heavy atom. The number of rotatable bonds is 3. The fraction of sp³-hybridized carbons (Fsp3) is 0.562. The van der Waals surface area contributed by atoms with Gasteiger partial charge in [0.05, 0.1) is 5.41 Å². The van der Waals surface area contributed by atoms with Gasteiger partial charge in [-0.05, 0) is 31.4 Å². The maximum absolute atomic E-state index is 12.7. The number of carbonyl (C=O) groups excluding carboxylic acids is 1. The van der Waals surface area contributed by atoms with E-state index < -0.39 is 5.41 Å². The Hall–Kier alpha value is -1.06. The number of benzene rings is 1. The van der Waals surface area contributed by atoms with Gasteiger partial charge in [0.2, 0.25) is 5.91 Å². The maximum Gasteiger partial charge on any atom is 0.232 e. The van der Waals surface area contributed by atoms with Crippen LogP contribution in [0.5, 0.6) is 0 Å². The first-order valence-electron chi connectivity index (χ1n) is 7.15. The molecule has 1 aliphatic heterocycles. The van der Waals surface area contributed by atoms with E-state index in [2.05, 4.69) is 36.5 Å². The van der Waals surface area contributed by atoms with Gasteiger partial charge in [0.1, 0.15) is 0 Å². The highest BCUT2D eigenvalue weighted by Gasteiger charge is 2.34. The Labute approximate surface area is 128 Å². The number of nitrogens with zero attached hydrogens (tertiary/aromatic N) is 1. The lowest BCUT2D eigenvalue weighted by Gasteiger charge is -2.35. The van der Waals surface area contributed by atoms with E-state index >= 15 is 0 Å². The van der Waals surface area contributed by atoms with Crippen molar-refractivity contribution in [1.82, 2.24) is 10.2 Å². The van der Waals surface area contributed by atoms with E-state index in [0.717, 1.165) is 38.2 Å². The van der Waals surface area contributed by atoms with Crippen molar-refractivity contribution in [2.24, 2.45) is 0 Å². The third-order valence-corrected chi connectivity index (χ3v) is 4.02. The van der Waals surface area contributed by atoms with Crippen molar-refractivity contribution in [3.8, 4) is 0 Å². The molecule has 0 aromatic heterocycles. The highest BCUT2D eigenvalue weighted by atomic mass is 35.5. The number of piperazine rings is 1. The van der Waals surface area contributed by atoms with Crippen molar-refractivity contribution in [2.75, 3.05) is 26.2 Å². The Morgan fingerprint density at radius 2 is 1.75 bits per heavy atom. The molecule has 1 aromatic rings. The molecule has 2 rings (SSSR count). The zero-order valence-corrected chi connectivity index (χ0v) is 13.4. The summed E-state index contributed by atoms with van der Waals surface area (Å²) in [5.74, 6) is 0.234. The zero-order valence-electron chi connectivity index (χ0n) is 12.6. The van der Waals surface area contributed by atoms with Crippen LogP contribution in [-0.4, -0.2) is 37.0 Å². The van der Waals surface area contributed by atoms with E-state index in [4.69, 9.17) is 0 Å². The number of hydrogen-bond donors (Lipinski definition) is 1. The highest BCUT2D eigenvalue weighted by Crippen LogP contribution is 2.26. The fourth-order valence-electron chi connectivity index (χ4n) is 2.54. The molecule has 0 aliphatic carbocycles. The predicted octanol–water partition coefficient (Wildman–Crippen LogP) is 2.38. The highest BCUT2D eigenvalue weighted by molar-refractivity contribution is 5.87. The second-order valence-electron chi connectivity index (χ2n) is 5.72. The number of nitrogens with one attached hydrogen (secondary N) is 1. The molecule has 1 N–H and O–H groups in total. The van der Waals surface area contributed by atoms with Crippen molar-refractivity contribution in [2.45, 2.75) is 32.6 Å². The Bertz CT molecular complexity index is 436. The minimum Gasteiger partial charge on any atom is -0.339 e. The van der Waals surface area contributed by atoms with Gasteiger partial charge in [0.15, 0.2) is 0 Å². The molecule has 0 bridgehead atoms. The molecule has 1 aliphatic rings. The van der Waals surface area contributed by atoms with Gasteiger partial charge in [-0.1, -0.05) is 31.2 Å². The van der Waals surface area contributed by atoms with Crippen LogP contribution in [0.1, 0.15) is 31.9 Å². The fourth-order valence-corrected chi connectivity index (χ4v) is 2.54. The van der Waals surface area contributed by atoms with Crippen LogP contribution >= 0.6 is 12.4 Å². The third-order valence-electron chi connectivity index (χ3n) is 4.02. The van der Waals surface area contributed by atoms with Gasteiger partial charge in [-0.25, -0.2) is 0 Å². The molecule has 0 radical (unpaired) electrons. The van der Waals surface area contributed by atoms with Gasteiger partial charge >= 0.3 is 0 Å². The largest absolute Gasteiger partial charge is 0.339 e. The van der Waals surface area contributed by atoms with Crippen LogP contribution in [0.25, 0.3) is 0 Å². The van der Waals surface area contributed by atoms with Gasteiger partial charge in [-0.2, -0.15) is 0 Å². The number of aryl methyl sites for hydroxylation is 1. The van der Waals surface area contributed by atoms with E-state index in [0.29, 0.717) is 0 Å². The van der Waals surface area contributed by atoms with Crippen LogP contribution in [-0.2, 0) is 16.6 Å². The summed E-state index contributed by atoms with van der Waals surface area (Å²) in [5.41, 5.74) is 1.98. The molecule has 1 saturated heterocycles. The summed E-state index contributed by atoms with van der Waals surface area (Å²) in [4.78, 5) is 14.6. The van der Waals surface area contributed by atoms with Gasteiger partial charge < -0.3 is 10.2 Å². The van der Waals surface area contributed by atoms with Crippen molar-refractivity contribution in [3.05, 3.63) is 35.4 Å². The second-order valence-corrected chi connectivity index (χ2v) is 5.72. The SMILES string of the molecule is CCc1ccc(C(C)(C)C(=O)N2CCNCC2)cc1.Cl. The van der Waals surface area contributed by atoms with Crippen molar-refractivity contribution < 1.29 is 4.79 Å². The van der Waals surface area contributed by atoms with Gasteiger partial charge in [-0.15, -0.1) is 12.4 Å². The van der Waals surface area contributed by atoms with Crippen molar-refractivity contribution in [1.29, 1.82) is 0 Å². The summed E-state index contributed by atoms with van der Waals surface area (Å²) in [5, 5.41) is 3.28. The standard InChI is InChI=1S/C16H24N2O.ClH/c1-4-13-5-7-14(8-6-13)16(2,3)15(19)18-11-9-17-10-12-18;/h5-8,17H,4,9-12H2,1-3H3;1H. The third kappa shape index (κ3) is 3.53. The smallest absolute Gasteiger partial charge is 0.232 e. The summed E-state index contributed by atoms with van der Waals surface area (Å²) < 4.78 is 0. The average Bonchev–Trinajstić information content (AvgIpc) is 2.47. The van der Waals surface area contributed by atoms with Gasteiger partial charge in [0, 0.05) is 26.2 Å². The second kappa shape index (κ2) is 7.09. The molecular formula is C16H25ClN2O. The summed E-state index contributed by atoms with van der Waals surface area (Å²) in [6.07, 6.45) is 1.03. The molecule has 4 heteroatoms. The Morgan fingerprint density at radius 3 is 2.25 bits per heavy atom. The predicted molar refractivity (Wildman–Crippen MR) is 85.5 cm³/mol. The van der Waals surface area contributed by atoms with Crippen LogP contribution in [0, 0.1) is 0 Å². The minimum absolute atomic E-state index is 0. The van der Waals surface area contributed by atoms with Crippen molar-refractivity contribution >= 4 is 18.3 Å². The molecule has 0 saturated carbocycles. The summed E-state index contributed by atoms with van der Waals surface area (Å²) in [7, 11) is 0. The molecule has 3 nitrogen and oxygen atoms in total. The van der Waals surface area contributed by atoms with Crippen molar-refractivity contribution in [3.63, 3.8) is 0 Å². The molecule has 20 heavy (non-hydrogen) atoms. The maximum atomic E-state index is 12.7. The van der Waals surface area contributed by atoms with Crippen LogP contribution in [0.3, 0.4) is 0 Å². The molecule has 0 atom stereocenters. The Balaban J connectivity index is 0.00000200. The molecule has 1 aromatic carbocycles. The van der Waals surface area contributed by atoms with Crippen LogP contribution < -0.4 is 5.32 Å². The van der Waals surface area contributed by atoms with Gasteiger partial charge in [-0.3, -0.25) is 4.79 Å². The topological polar surface area (TPSA) is 32.3 Å². The first-order valence-corrected chi connectivity index (χ1v) is 7.15. The lowest BCUT2D eigenvalue weighted by molar-refractivity contribution is -0.136. The van der Waals surface area contributed by atoms with E-state index in [9.17, 15) is 4.79 Å². The monoisotopic (exact) mass is 296 g/mol. The summed E-state index contributed by atoms with van der Waals surface area (Å²) in [6, 6.07) is 8.45. The van der Waals surface area contributed by atoms with Crippen LogP contribution in [0.15, 0.2) is 24.3 Å². The molecular weight excluding hydrogens is 272 g/mol. The average molecular weight is 297 g/mol. The number of hydrogen-bond acceptors (Lipinski definition) is 2. The Kier molecular flexibility index (Phi) is 6.03. The zero-order chi connectivity index (χ0) is 13.9. The first-order chi connectivity index (χ1) is 9.05. The summed E-state index contributed by atoms with van der Waals surface area (Å²) >= 11 is 0.